The largest absolute Gasteiger partial charge is 0.493 e. The molecule has 13 heteroatoms. The van der Waals surface area contributed by atoms with Gasteiger partial charge in [-0.1, -0.05) is 13.0 Å². The maximum atomic E-state index is 13.8. The fourth-order valence-corrected chi connectivity index (χ4v) is 3.99. The zero-order valence-corrected chi connectivity index (χ0v) is 21.8. The van der Waals surface area contributed by atoms with E-state index in [1.54, 1.807) is 23.2 Å². The molecule has 2 aromatic heterocycles. The van der Waals surface area contributed by atoms with E-state index in [0.29, 0.717) is 48.9 Å². The zero-order valence-electron chi connectivity index (χ0n) is 21.8. The molecule has 2 heterocycles. The number of ether oxygens (including phenoxy) is 1. The van der Waals surface area contributed by atoms with Gasteiger partial charge in [-0.05, 0) is 37.1 Å². The number of anilines is 3. The number of hydrogen-bond donors (Lipinski definition) is 3. The standard InChI is InChI=1S/C27H29F2N7O4/c1-2-9-35(25(39)16-37)10-4-11-40-19-7-8-20-23(12-19)30-17-31-27(20)33-18-13-32-36(14-18)15-24(38)34-22-6-3-5-21(28)26(22)29/h3,5-8,12-14,17,37H,2,4,9-11,15-16H2,1H3,(H,34,38)(H,30,31,33). The second-order valence-electron chi connectivity index (χ2n) is 8.84. The van der Waals surface area contributed by atoms with E-state index in [4.69, 9.17) is 9.84 Å². The van der Waals surface area contributed by atoms with Crippen molar-refractivity contribution >= 4 is 39.9 Å². The number of nitrogens with one attached hydrogen (secondary N) is 2. The smallest absolute Gasteiger partial charge is 0.248 e. The molecule has 0 aliphatic carbocycles. The molecule has 0 saturated heterocycles. The molecule has 0 aliphatic rings. The van der Waals surface area contributed by atoms with E-state index in [-0.39, 0.29) is 18.1 Å². The molecular weight excluding hydrogens is 524 g/mol. The highest BCUT2D eigenvalue weighted by atomic mass is 19.2. The van der Waals surface area contributed by atoms with Crippen LogP contribution in [0.3, 0.4) is 0 Å². The van der Waals surface area contributed by atoms with Gasteiger partial charge in [0.05, 0.1) is 29.7 Å². The summed E-state index contributed by atoms with van der Waals surface area (Å²) in [6, 6.07) is 8.93. The summed E-state index contributed by atoms with van der Waals surface area (Å²) < 4.78 is 34.4. The minimum atomic E-state index is -1.13. The van der Waals surface area contributed by atoms with E-state index in [2.05, 4.69) is 25.7 Å². The van der Waals surface area contributed by atoms with Gasteiger partial charge in [0, 0.05) is 30.7 Å². The molecule has 0 saturated carbocycles. The second-order valence-corrected chi connectivity index (χ2v) is 8.84. The maximum absolute atomic E-state index is 13.8. The number of amides is 2. The molecule has 2 aromatic carbocycles. The number of aromatic nitrogens is 4. The van der Waals surface area contributed by atoms with Gasteiger partial charge in [0.2, 0.25) is 11.8 Å². The summed E-state index contributed by atoms with van der Waals surface area (Å²) in [6.07, 6.45) is 5.91. The summed E-state index contributed by atoms with van der Waals surface area (Å²) in [6.45, 7) is 2.72. The first-order chi connectivity index (χ1) is 19.4. The van der Waals surface area contributed by atoms with Crippen molar-refractivity contribution in [1.29, 1.82) is 0 Å². The highest BCUT2D eigenvalue weighted by molar-refractivity contribution is 5.92. The first kappa shape index (κ1) is 28.4. The molecule has 3 N–H and O–H groups in total. The first-order valence-corrected chi connectivity index (χ1v) is 12.7. The van der Waals surface area contributed by atoms with E-state index in [1.807, 2.05) is 13.0 Å². The molecule has 0 aliphatic heterocycles. The van der Waals surface area contributed by atoms with Crippen molar-refractivity contribution in [1.82, 2.24) is 24.6 Å². The van der Waals surface area contributed by atoms with Crippen LogP contribution in [0.25, 0.3) is 10.9 Å². The minimum absolute atomic E-state index is 0.215. The predicted octanol–water partition coefficient (Wildman–Crippen LogP) is 3.49. The normalized spacial score (nSPS) is 10.9. The third-order valence-corrected chi connectivity index (χ3v) is 5.86. The van der Waals surface area contributed by atoms with Crippen molar-refractivity contribution in [2.45, 2.75) is 26.3 Å². The number of hydrogen-bond acceptors (Lipinski definition) is 8. The van der Waals surface area contributed by atoms with Gasteiger partial charge in [0.1, 0.15) is 31.0 Å². The third kappa shape index (κ3) is 7.26. The van der Waals surface area contributed by atoms with Crippen LogP contribution in [0.4, 0.5) is 26.0 Å². The first-order valence-electron chi connectivity index (χ1n) is 12.7. The van der Waals surface area contributed by atoms with Crippen LogP contribution in [0, 0.1) is 11.6 Å². The van der Waals surface area contributed by atoms with Gasteiger partial charge in [-0.2, -0.15) is 5.10 Å². The lowest BCUT2D eigenvalue weighted by Crippen LogP contribution is -2.35. The van der Waals surface area contributed by atoms with Gasteiger partial charge < -0.3 is 25.4 Å². The number of rotatable bonds is 13. The average molecular weight is 554 g/mol. The van der Waals surface area contributed by atoms with Gasteiger partial charge in [0.25, 0.3) is 0 Å². The van der Waals surface area contributed by atoms with Gasteiger partial charge in [-0.25, -0.2) is 18.7 Å². The number of nitrogens with zero attached hydrogens (tertiary/aromatic N) is 5. The van der Waals surface area contributed by atoms with Crippen molar-refractivity contribution in [3.8, 4) is 5.75 Å². The van der Waals surface area contributed by atoms with Gasteiger partial charge in [0.15, 0.2) is 11.6 Å². The molecule has 0 radical (unpaired) electrons. The molecular formula is C27H29F2N7O4. The molecule has 0 unspecified atom stereocenters. The lowest BCUT2D eigenvalue weighted by atomic mass is 10.2. The molecule has 4 rings (SSSR count). The summed E-state index contributed by atoms with van der Waals surface area (Å²) in [7, 11) is 0. The number of aliphatic hydroxyl groups excluding tert-OH is 1. The van der Waals surface area contributed by atoms with Crippen molar-refractivity contribution in [2.24, 2.45) is 0 Å². The summed E-state index contributed by atoms with van der Waals surface area (Å²) in [4.78, 5) is 34.3. The summed E-state index contributed by atoms with van der Waals surface area (Å²) in [5.74, 6) is -1.92. The quantitative estimate of drug-likeness (QED) is 0.214. The highest BCUT2D eigenvalue weighted by Crippen LogP contribution is 2.26. The topological polar surface area (TPSA) is 134 Å². The molecule has 2 amide bonds. The van der Waals surface area contributed by atoms with E-state index in [9.17, 15) is 18.4 Å². The Hall–Kier alpha value is -4.65. The second kappa shape index (κ2) is 13.4. The molecule has 0 bridgehead atoms. The number of halogens is 2. The molecule has 4 aromatic rings. The lowest BCUT2D eigenvalue weighted by Gasteiger charge is -2.21. The van der Waals surface area contributed by atoms with Crippen molar-refractivity contribution in [2.75, 3.05) is 36.9 Å². The van der Waals surface area contributed by atoms with E-state index in [0.717, 1.165) is 17.9 Å². The minimum Gasteiger partial charge on any atom is -0.493 e. The Labute approximate surface area is 228 Å². The Kier molecular flexibility index (Phi) is 9.52. The number of aliphatic hydroxyl groups is 1. The van der Waals surface area contributed by atoms with Crippen LogP contribution in [0.2, 0.25) is 0 Å². The average Bonchev–Trinajstić information content (AvgIpc) is 3.38. The van der Waals surface area contributed by atoms with Gasteiger partial charge in [-0.15, -0.1) is 0 Å². The van der Waals surface area contributed by atoms with Crippen molar-refractivity contribution in [3.05, 3.63) is 66.8 Å². The van der Waals surface area contributed by atoms with Gasteiger partial charge >= 0.3 is 0 Å². The van der Waals surface area contributed by atoms with Crippen molar-refractivity contribution in [3.63, 3.8) is 0 Å². The maximum Gasteiger partial charge on any atom is 0.248 e. The van der Waals surface area contributed by atoms with Crippen LogP contribution in [0.1, 0.15) is 19.8 Å². The summed E-state index contributed by atoms with van der Waals surface area (Å²) >= 11 is 0. The van der Waals surface area contributed by atoms with E-state index >= 15 is 0 Å². The molecule has 0 atom stereocenters. The van der Waals surface area contributed by atoms with Crippen molar-refractivity contribution < 1.29 is 28.2 Å². The van der Waals surface area contributed by atoms with Crippen LogP contribution < -0.4 is 15.4 Å². The molecule has 0 spiro atoms. The fourth-order valence-electron chi connectivity index (χ4n) is 3.99. The summed E-state index contributed by atoms with van der Waals surface area (Å²) in [5.41, 5.74) is 0.947. The summed E-state index contributed by atoms with van der Waals surface area (Å²) in [5, 5.41) is 19.4. The highest BCUT2D eigenvalue weighted by Gasteiger charge is 2.13. The third-order valence-electron chi connectivity index (χ3n) is 5.86. The van der Waals surface area contributed by atoms with Crippen LogP contribution in [0.5, 0.6) is 5.75 Å². The SMILES string of the molecule is CCCN(CCCOc1ccc2c(Nc3cnn(CC(=O)Nc4cccc(F)c4F)c3)ncnc2c1)C(=O)CO. The Balaban J connectivity index is 1.34. The number of fused-ring (bicyclic) bond motifs is 1. The Morgan fingerprint density at radius 3 is 2.80 bits per heavy atom. The number of benzene rings is 2. The van der Waals surface area contributed by atoms with E-state index in [1.165, 1.54) is 29.3 Å². The molecule has 11 nitrogen and oxygen atoms in total. The Bertz CT molecular complexity index is 1480. The van der Waals surface area contributed by atoms with Crippen LogP contribution in [0.15, 0.2) is 55.1 Å². The van der Waals surface area contributed by atoms with Crippen LogP contribution >= 0.6 is 0 Å². The van der Waals surface area contributed by atoms with E-state index < -0.39 is 24.1 Å². The number of carbonyl (C=O) groups is 2. The number of carbonyl (C=O) groups excluding carboxylic acids is 2. The lowest BCUT2D eigenvalue weighted by molar-refractivity contribution is -0.134. The van der Waals surface area contributed by atoms with Gasteiger partial charge in [-0.3, -0.25) is 14.3 Å². The molecule has 0 fully saturated rings. The fraction of sp³-hybridized carbons (Fsp3) is 0.296. The van der Waals surface area contributed by atoms with Crippen LogP contribution in [-0.2, 0) is 16.1 Å². The predicted molar refractivity (Wildman–Crippen MR) is 144 cm³/mol. The van der Waals surface area contributed by atoms with Crippen LogP contribution in [-0.4, -0.2) is 67.9 Å². The Morgan fingerprint density at radius 1 is 1.15 bits per heavy atom. The molecule has 40 heavy (non-hydrogen) atoms. The zero-order chi connectivity index (χ0) is 28.5. The molecule has 210 valence electrons. The monoisotopic (exact) mass is 553 g/mol. The Morgan fingerprint density at radius 2 is 2.00 bits per heavy atom.